The van der Waals surface area contributed by atoms with Crippen LogP contribution in [-0.2, 0) is 20.6 Å². The van der Waals surface area contributed by atoms with Crippen molar-refractivity contribution in [3.63, 3.8) is 0 Å². The van der Waals surface area contributed by atoms with Crippen LogP contribution < -0.4 is 5.32 Å². The number of carbonyl (C=O) groups excluding carboxylic acids is 1. The summed E-state index contributed by atoms with van der Waals surface area (Å²) in [5.74, 6) is -1.04. The number of carboxylic acid groups (broad SMARTS) is 1. The minimum absolute atomic E-state index is 0.0973. The van der Waals surface area contributed by atoms with E-state index >= 15 is 0 Å². The van der Waals surface area contributed by atoms with Gasteiger partial charge in [0.2, 0.25) is 0 Å². The molecule has 0 aliphatic heterocycles. The van der Waals surface area contributed by atoms with Crippen LogP contribution in [-0.4, -0.2) is 31.2 Å². The number of nitrogens with one attached hydrogen (secondary N) is 1. The Morgan fingerprint density at radius 2 is 1.61 bits per heavy atom. The number of rotatable bonds is 8. The normalized spacial score (nSPS) is 14.9. The molecule has 158 valence electrons. The van der Waals surface area contributed by atoms with Crippen molar-refractivity contribution >= 4 is 20.4 Å². The number of hydrogen-bond donors (Lipinski definition) is 2. The monoisotopic (exact) mass is 409 g/mol. The van der Waals surface area contributed by atoms with Gasteiger partial charge in [-0.05, 0) is 44.0 Å². The average Bonchev–Trinajstić information content (AvgIpc) is 2.58. The van der Waals surface area contributed by atoms with Crippen molar-refractivity contribution in [1.82, 2.24) is 5.32 Å². The molecule has 0 saturated carbocycles. The highest BCUT2D eigenvalue weighted by molar-refractivity contribution is 6.74. The second-order valence-electron chi connectivity index (χ2n) is 9.16. The van der Waals surface area contributed by atoms with Crippen molar-refractivity contribution in [3.05, 3.63) is 35.9 Å². The molecule has 1 atom stereocenters. The fourth-order valence-corrected chi connectivity index (χ4v) is 4.23. The smallest absolute Gasteiger partial charge is 0.409 e. The highest BCUT2D eigenvalue weighted by Gasteiger charge is 2.56. The molecule has 0 aromatic heterocycles. The van der Waals surface area contributed by atoms with Crippen molar-refractivity contribution in [2.24, 2.45) is 5.41 Å². The Morgan fingerprint density at radius 3 is 2.04 bits per heavy atom. The molecule has 0 radical (unpaired) electrons. The Bertz CT molecular complexity index is 682. The van der Waals surface area contributed by atoms with Gasteiger partial charge in [-0.15, -0.1) is 0 Å². The molecule has 0 heterocycles. The standard InChI is InChI=1S/C21H35NO5Si/c1-9-21(20(5,6)17(23)24,27-28(7,8)19(2,3)4)22-18(25)26-15-16-13-11-10-12-14-16/h10-14H,9,15H2,1-8H3,(H,22,25)(H,23,24). The van der Waals surface area contributed by atoms with Gasteiger partial charge in [-0.25, -0.2) is 4.79 Å². The second-order valence-corrected chi connectivity index (χ2v) is 13.9. The van der Waals surface area contributed by atoms with Gasteiger partial charge in [0.05, 0.1) is 0 Å². The van der Waals surface area contributed by atoms with Crippen LogP contribution in [0, 0.1) is 5.41 Å². The minimum Gasteiger partial charge on any atom is -0.481 e. The Morgan fingerprint density at radius 1 is 1.07 bits per heavy atom. The summed E-state index contributed by atoms with van der Waals surface area (Å²) in [6.07, 6.45) is -0.405. The van der Waals surface area contributed by atoms with E-state index in [0.717, 1.165) is 5.56 Å². The maximum absolute atomic E-state index is 12.6. The lowest BCUT2D eigenvalue weighted by atomic mass is 9.79. The van der Waals surface area contributed by atoms with E-state index in [9.17, 15) is 14.7 Å². The van der Waals surface area contributed by atoms with E-state index in [1.807, 2.05) is 50.3 Å². The molecule has 0 bridgehead atoms. The van der Waals surface area contributed by atoms with Crippen molar-refractivity contribution in [3.8, 4) is 0 Å². The summed E-state index contributed by atoms with van der Waals surface area (Å²) < 4.78 is 11.9. The molecule has 28 heavy (non-hydrogen) atoms. The largest absolute Gasteiger partial charge is 0.481 e. The van der Waals surface area contributed by atoms with Crippen LogP contribution in [0.2, 0.25) is 18.1 Å². The third-order valence-electron chi connectivity index (χ3n) is 5.79. The van der Waals surface area contributed by atoms with Crippen molar-refractivity contribution in [2.45, 2.75) is 78.4 Å². The van der Waals surface area contributed by atoms with Crippen LogP contribution in [0.15, 0.2) is 30.3 Å². The molecule has 1 aromatic carbocycles. The first kappa shape index (κ1) is 24.2. The molecule has 1 unspecified atom stereocenters. The molecule has 1 aromatic rings. The van der Waals surface area contributed by atoms with Gasteiger partial charge in [0, 0.05) is 0 Å². The van der Waals surface area contributed by atoms with Gasteiger partial charge in [-0.1, -0.05) is 58.0 Å². The first-order valence-electron chi connectivity index (χ1n) is 9.61. The predicted molar refractivity (Wildman–Crippen MR) is 112 cm³/mol. The summed E-state index contributed by atoms with van der Waals surface area (Å²) in [5, 5.41) is 12.5. The number of amides is 1. The number of benzene rings is 1. The van der Waals surface area contributed by atoms with Crippen molar-refractivity contribution in [2.75, 3.05) is 0 Å². The van der Waals surface area contributed by atoms with Crippen LogP contribution in [0.1, 0.15) is 53.5 Å². The Labute approximate surface area is 169 Å². The van der Waals surface area contributed by atoms with Crippen molar-refractivity contribution < 1.29 is 23.9 Å². The number of carboxylic acids is 1. The highest BCUT2D eigenvalue weighted by atomic mass is 28.4. The Balaban J connectivity index is 3.16. The molecular weight excluding hydrogens is 374 g/mol. The first-order chi connectivity index (χ1) is 12.7. The molecule has 1 rings (SSSR count). The lowest BCUT2D eigenvalue weighted by molar-refractivity contribution is -0.166. The maximum Gasteiger partial charge on any atom is 0.409 e. The quantitative estimate of drug-likeness (QED) is 0.458. The molecule has 7 heteroatoms. The number of carbonyl (C=O) groups is 2. The van der Waals surface area contributed by atoms with Gasteiger partial charge < -0.3 is 14.3 Å². The summed E-state index contributed by atoms with van der Waals surface area (Å²) in [5.41, 5.74) is -1.90. The number of hydrogen-bond acceptors (Lipinski definition) is 4. The average molecular weight is 410 g/mol. The molecular formula is C21H35NO5Si. The Hall–Kier alpha value is -1.86. The van der Waals surface area contributed by atoms with E-state index in [2.05, 4.69) is 26.1 Å². The molecule has 0 aliphatic carbocycles. The van der Waals surface area contributed by atoms with Gasteiger partial charge in [-0.2, -0.15) is 0 Å². The highest BCUT2D eigenvalue weighted by Crippen LogP contribution is 2.44. The topological polar surface area (TPSA) is 84.9 Å². The molecule has 0 saturated heterocycles. The summed E-state index contributed by atoms with van der Waals surface area (Å²) in [7, 11) is -2.40. The number of ether oxygens (including phenoxy) is 1. The molecule has 6 nitrogen and oxygen atoms in total. The zero-order valence-electron chi connectivity index (χ0n) is 18.4. The lowest BCUT2D eigenvalue weighted by Crippen LogP contribution is -2.66. The maximum atomic E-state index is 12.6. The summed E-state index contributed by atoms with van der Waals surface area (Å²) in [6.45, 7) is 15.3. The first-order valence-corrected chi connectivity index (χ1v) is 12.5. The van der Waals surface area contributed by atoms with Crippen molar-refractivity contribution in [1.29, 1.82) is 0 Å². The fourth-order valence-electron chi connectivity index (χ4n) is 2.60. The third-order valence-corrected chi connectivity index (χ3v) is 10.3. The summed E-state index contributed by atoms with van der Waals surface area (Å²) in [4.78, 5) is 24.7. The molecule has 0 aliphatic rings. The van der Waals surface area contributed by atoms with Crippen LogP contribution in [0.4, 0.5) is 4.79 Å². The minimum atomic E-state index is -2.40. The number of alkyl carbamates (subject to hydrolysis) is 1. The predicted octanol–water partition coefficient (Wildman–Crippen LogP) is 5.15. The zero-order chi connectivity index (χ0) is 21.8. The number of aliphatic carboxylic acids is 1. The van der Waals surface area contributed by atoms with Gasteiger partial charge in [-0.3, -0.25) is 10.1 Å². The van der Waals surface area contributed by atoms with Gasteiger partial charge in [0.1, 0.15) is 17.7 Å². The van der Waals surface area contributed by atoms with E-state index in [1.165, 1.54) is 0 Å². The zero-order valence-corrected chi connectivity index (χ0v) is 19.4. The van der Waals surface area contributed by atoms with E-state index in [-0.39, 0.29) is 11.6 Å². The second kappa shape index (κ2) is 8.65. The van der Waals surface area contributed by atoms with Crippen LogP contribution in [0.25, 0.3) is 0 Å². The van der Waals surface area contributed by atoms with E-state index < -0.39 is 31.5 Å². The fraction of sp³-hybridized carbons (Fsp3) is 0.619. The summed E-state index contributed by atoms with van der Waals surface area (Å²) in [6, 6.07) is 9.32. The summed E-state index contributed by atoms with van der Waals surface area (Å²) >= 11 is 0. The van der Waals surface area contributed by atoms with E-state index in [4.69, 9.17) is 9.16 Å². The van der Waals surface area contributed by atoms with Gasteiger partial charge in [0.15, 0.2) is 8.32 Å². The SMILES string of the molecule is CCC(NC(=O)OCc1ccccc1)(O[Si](C)(C)C(C)(C)C)C(C)(C)C(=O)O. The molecule has 2 N–H and O–H groups in total. The molecule has 1 amide bonds. The molecule has 0 spiro atoms. The van der Waals surface area contributed by atoms with E-state index in [1.54, 1.807) is 13.8 Å². The van der Waals surface area contributed by atoms with Crippen LogP contribution >= 0.6 is 0 Å². The Kier molecular flexibility index (Phi) is 7.47. The van der Waals surface area contributed by atoms with Crippen LogP contribution in [0.3, 0.4) is 0 Å². The van der Waals surface area contributed by atoms with Crippen LogP contribution in [0.5, 0.6) is 0 Å². The van der Waals surface area contributed by atoms with Gasteiger partial charge >= 0.3 is 12.1 Å². The van der Waals surface area contributed by atoms with E-state index in [0.29, 0.717) is 6.42 Å². The third kappa shape index (κ3) is 5.35. The lowest BCUT2D eigenvalue weighted by Gasteiger charge is -2.50. The van der Waals surface area contributed by atoms with Gasteiger partial charge in [0.25, 0.3) is 0 Å². The molecule has 0 fully saturated rings.